The molecule has 0 bridgehead atoms. The third-order valence-corrected chi connectivity index (χ3v) is 3.53. The summed E-state index contributed by atoms with van der Waals surface area (Å²) < 4.78 is 26.4. The summed E-state index contributed by atoms with van der Waals surface area (Å²) >= 11 is 0. The highest BCUT2D eigenvalue weighted by molar-refractivity contribution is 5.21. The van der Waals surface area contributed by atoms with Crippen LogP contribution in [0.15, 0.2) is 18.2 Å². The minimum Gasteiger partial charge on any atom is -0.310 e. The first-order chi connectivity index (χ1) is 8.19. The molecule has 3 heteroatoms. The predicted octanol–water partition coefficient (Wildman–Crippen LogP) is 3.81. The van der Waals surface area contributed by atoms with Gasteiger partial charge < -0.3 is 5.32 Å². The molecule has 0 saturated heterocycles. The lowest BCUT2D eigenvalue weighted by atomic mass is 9.79. The SMILES string of the molecule is CCNC(CC1CCC1)c1cc(F)cc(F)c1. The highest BCUT2D eigenvalue weighted by atomic mass is 19.1. The molecule has 0 aromatic heterocycles. The van der Waals surface area contributed by atoms with Crippen LogP contribution in [0.2, 0.25) is 0 Å². The van der Waals surface area contributed by atoms with Crippen molar-refractivity contribution in [3.63, 3.8) is 0 Å². The lowest BCUT2D eigenvalue weighted by molar-refractivity contribution is 0.262. The number of nitrogens with one attached hydrogen (secondary N) is 1. The zero-order valence-corrected chi connectivity index (χ0v) is 10.2. The van der Waals surface area contributed by atoms with E-state index in [-0.39, 0.29) is 6.04 Å². The van der Waals surface area contributed by atoms with Gasteiger partial charge in [-0.3, -0.25) is 0 Å². The number of benzene rings is 1. The molecule has 1 aromatic carbocycles. The molecule has 0 heterocycles. The summed E-state index contributed by atoms with van der Waals surface area (Å²) in [4.78, 5) is 0. The number of rotatable bonds is 5. The first kappa shape index (κ1) is 12.5. The summed E-state index contributed by atoms with van der Waals surface area (Å²) in [5, 5.41) is 3.32. The summed E-state index contributed by atoms with van der Waals surface area (Å²) in [6.45, 7) is 2.83. The Morgan fingerprint density at radius 1 is 1.24 bits per heavy atom. The van der Waals surface area contributed by atoms with Crippen LogP contribution in [-0.4, -0.2) is 6.54 Å². The molecule has 1 saturated carbocycles. The van der Waals surface area contributed by atoms with Gasteiger partial charge in [0.05, 0.1) is 0 Å². The topological polar surface area (TPSA) is 12.0 Å². The van der Waals surface area contributed by atoms with Gasteiger partial charge in [0.25, 0.3) is 0 Å². The molecule has 2 rings (SSSR count). The molecule has 17 heavy (non-hydrogen) atoms. The Morgan fingerprint density at radius 3 is 2.35 bits per heavy atom. The molecule has 1 fully saturated rings. The van der Waals surface area contributed by atoms with Crippen molar-refractivity contribution in [2.24, 2.45) is 5.92 Å². The zero-order chi connectivity index (χ0) is 12.3. The lowest BCUT2D eigenvalue weighted by Gasteiger charge is -2.30. The van der Waals surface area contributed by atoms with E-state index in [0.717, 1.165) is 24.6 Å². The largest absolute Gasteiger partial charge is 0.310 e. The van der Waals surface area contributed by atoms with Gasteiger partial charge in [-0.25, -0.2) is 8.78 Å². The maximum absolute atomic E-state index is 13.2. The molecule has 1 atom stereocenters. The summed E-state index contributed by atoms with van der Waals surface area (Å²) in [5.74, 6) is -0.265. The van der Waals surface area contributed by atoms with Crippen LogP contribution in [0.5, 0.6) is 0 Å². The number of hydrogen-bond acceptors (Lipinski definition) is 1. The van der Waals surface area contributed by atoms with Gasteiger partial charge >= 0.3 is 0 Å². The Kier molecular flexibility index (Phi) is 4.11. The first-order valence-corrected chi connectivity index (χ1v) is 6.38. The monoisotopic (exact) mass is 239 g/mol. The van der Waals surface area contributed by atoms with Gasteiger partial charge in [0, 0.05) is 12.1 Å². The minimum absolute atomic E-state index is 0.0792. The first-order valence-electron chi connectivity index (χ1n) is 6.38. The van der Waals surface area contributed by atoms with E-state index in [2.05, 4.69) is 5.32 Å². The fourth-order valence-corrected chi connectivity index (χ4v) is 2.42. The van der Waals surface area contributed by atoms with Gasteiger partial charge in [-0.05, 0) is 36.6 Å². The minimum atomic E-state index is -0.489. The molecule has 0 aliphatic heterocycles. The standard InChI is InChI=1S/C14H19F2N/c1-2-17-14(6-10-4-3-5-10)11-7-12(15)9-13(16)8-11/h7-10,14,17H,2-6H2,1H3. The van der Waals surface area contributed by atoms with Crippen LogP contribution < -0.4 is 5.32 Å². The van der Waals surface area contributed by atoms with Crippen molar-refractivity contribution in [2.75, 3.05) is 6.54 Å². The van der Waals surface area contributed by atoms with Gasteiger partial charge in [-0.2, -0.15) is 0 Å². The predicted molar refractivity (Wildman–Crippen MR) is 64.7 cm³/mol. The fourth-order valence-electron chi connectivity index (χ4n) is 2.42. The van der Waals surface area contributed by atoms with Gasteiger partial charge in [0.1, 0.15) is 11.6 Å². The van der Waals surface area contributed by atoms with Crippen molar-refractivity contribution in [3.05, 3.63) is 35.4 Å². The van der Waals surface area contributed by atoms with Crippen molar-refractivity contribution < 1.29 is 8.78 Å². The van der Waals surface area contributed by atoms with E-state index < -0.39 is 11.6 Å². The summed E-state index contributed by atoms with van der Waals surface area (Å²) in [6, 6.07) is 3.88. The number of halogens is 2. The molecule has 1 nitrogen and oxygen atoms in total. The van der Waals surface area contributed by atoms with E-state index in [1.54, 1.807) is 0 Å². The zero-order valence-electron chi connectivity index (χ0n) is 10.2. The molecule has 1 unspecified atom stereocenters. The smallest absolute Gasteiger partial charge is 0.126 e. The average molecular weight is 239 g/mol. The molecule has 94 valence electrons. The third-order valence-electron chi connectivity index (χ3n) is 3.53. The maximum Gasteiger partial charge on any atom is 0.126 e. The molecule has 1 aliphatic rings. The van der Waals surface area contributed by atoms with Crippen molar-refractivity contribution in [1.29, 1.82) is 0 Å². The Labute approximate surface area is 101 Å². The molecule has 0 spiro atoms. The van der Waals surface area contributed by atoms with E-state index >= 15 is 0 Å². The van der Waals surface area contributed by atoms with Gasteiger partial charge in [-0.15, -0.1) is 0 Å². The second kappa shape index (κ2) is 5.58. The summed E-state index contributed by atoms with van der Waals surface area (Å²) in [6.07, 6.45) is 4.77. The van der Waals surface area contributed by atoms with Crippen LogP contribution in [0, 0.1) is 17.6 Å². The Bertz CT molecular complexity index is 354. The third kappa shape index (κ3) is 3.25. The van der Waals surface area contributed by atoms with Gasteiger partial charge in [0.2, 0.25) is 0 Å². The normalized spacial score (nSPS) is 17.8. The van der Waals surface area contributed by atoms with Crippen LogP contribution >= 0.6 is 0 Å². The van der Waals surface area contributed by atoms with Crippen LogP contribution in [0.25, 0.3) is 0 Å². The van der Waals surface area contributed by atoms with E-state index in [1.165, 1.54) is 31.4 Å². The quantitative estimate of drug-likeness (QED) is 0.824. The summed E-state index contributed by atoms with van der Waals surface area (Å²) in [7, 11) is 0. The molecule has 1 aliphatic carbocycles. The second-order valence-corrected chi connectivity index (χ2v) is 4.85. The maximum atomic E-state index is 13.2. The van der Waals surface area contributed by atoms with E-state index in [9.17, 15) is 8.78 Å². The molecule has 0 amide bonds. The molecular formula is C14H19F2N. The molecule has 1 aromatic rings. The average Bonchev–Trinajstić information content (AvgIpc) is 2.20. The Hall–Kier alpha value is -0.960. The van der Waals surface area contributed by atoms with Crippen LogP contribution in [0.4, 0.5) is 8.78 Å². The summed E-state index contributed by atoms with van der Waals surface area (Å²) in [5.41, 5.74) is 0.733. The van der Waals surface area contributed by atoms with Crippen molar-refractivity contribution >= 4 is 0 Å². The van der Waals surface area contributed by atoms with E-state index in [4.69, 9.17) is 0 Å². The Balaban J connectivity index is 2.12. The highest BCUT2D eigenvalue weighted by Gasteiger charge is 2.23. The Morgan fingerprint density at radius 2 is 1.88 bits per heavy atom. The molecular weight excluding hydrogens is 220 g/mol. The van der Waals surface area contributed by atoms with E-state index in [0.29, 0.717) is 5.92 Å². The number of hydrogen-bond donors (Lipinski definition) is 1. The second-order valence-electron chi connectivity index (χ2n) is 4.85. The molecule has 1 N–H and O–H groups in total. The van der Waals surface area contributed by atoms with Crippen molar-refractivity contribution in [1.82, 2.24) is 5.32 Å². The van der Waals surface area contributed by atoms with Crippen LogP contribution in [0.1, 0.15) is 44.2 Å². The van der Waals surface area contributed by atoms with Crippen molar-refractivity contribution in [3.8, 4) is 0 Å². The molecule has 0 radical (unpaired) electrons. The van der Waals surface area contributed by atoms with Gasteiger partial charge in [0.15, 0.2) is 0 Å². The van der Waals surface area contributed by atoms with E-state index in [1.807, 2.05) is 6.92 Å². The fraction of sp³-hybridized carbons (Fsp3) is 0.571. The van der Waals surface area contributed by atoms with Crippen LogP contribution in [0.3, 0.4) is 0 Å². The highest BCUT2D eigenvalue weighted by Crippen LogP contribution is 2.35. The van der Waals surface area contributed by atoms with Crippen molar-refractivity contribution in [2.45, 2.75) is 38.6 Å². The lowest BCUT2D eigenvalue weighted by Crippen LogP contribution is -2.26. The van der Waals surface area contributed by atoms with Crippen LogP contribution in [-0.2, 0) is 0 Å². The van der Waals surface area contributed by atoms with Gasteiger partial charge in [-0.1, -0.05) is 26.2 Å².